The third-order valence-corrected chi connectivity index (χ3v) is 7.94. The van der Waals surface area contributed by atoms with Crippen molar-refractivity contribution in [1.82, 2.24) is 10.2 Å². The molecule has 0 aliphatic heterocycles. The summed E-state index contributed by atoms with van der Waals surface area (Å²) in [5.74, 6) is 0.217. The Morgan fingerprint density at radius 1 is 0.951 bits per heavy atom. The summed E-state index contributed by atoms with van der Waals surface area (Å²) in [5, 5.41) is 2.97. The molecule has 0 radical (unpaired) electrons. The van der Waals surface area contributed by atoms with Gasteiger partial charge in [0.15, 0.2) is 0 Å². The molecule has 0 aromatic heterocycles. The van der Waals surface area contributed by atoms with Crippen LogP contribution in [0.3, 0.4) is 0 Å². The second-order valence-electron chi connectivity index (χ2n) is 10.1. The minimum Gasteiger partial charge on any atom is -0.497 e. The maximum absolute atomic E-state index is 13.9. The van der Waals surface area contributed by atoms with Gasteiger partial charge in [0.2, 0.25) is 21.8 Å². The van der Waals surface area contributed by atoms with Gasteiger partial charge in [-0.1, -0.05) is 61.5 Å². The molecule has 3 rings (SSSR count). The van der Waals surface area contributed by atoms with Gasteiger partial charge in [-0.25, -0.2) is 8.42 Å². The van der Waals surface area contributed by atoms with Gasteiger partial charge < -0.3 is 15.0 Å². The number of rotatable bonds is 15. The zero-order valence-electron chi connectivity index (χ0n) is 24.4. The summed E-state index contributed by atoms with van der Waals surface area (Å²) in [7, 11) is -1.98. The molecule has 3 aromatic carbocycles. The summed E-state index contributed by atoms with van der Waals surface area (Å²) in [4.78, 5) is 29.0. The standard InChI is InChI=1S/C32H41N3O5S/c1-5-19-33-32(37)30(23-26-13-7-6-8-14-26)34(24-27-15-10-17-29(22-27)40-3)31(36)18-11-20-35(41(4,38)39)28-16-9-12-25(2)21-28/h6-10,12-17,21-22,30H,5,11,18-20,23-24H2,1-4H3,(H,33,37)/t30-/m0/s1. The van der Waals surface area contributed by atoms with E-state index in [0.717, 1.165) is 23.1 Å². The maximum atomic E-state index is 13.9. The number of amides is 2. The first-order valence-electron chi connectivity index (χ1n) is 13.9. The van der Waals surface area contributed by atoms with Crippen molar-refractivity contribution in [2.24, 2.45) is 0 Å². The number of hydrogen-bond acceptors (Lipinski definition) is 5. The maximum Gasteiger partial charge on any atom is 0.243 e. The van der Waals surface area contributed by atoms with Gasteiger partial charge in [-0.3, -0.25) is 13.9 Å². The lowest BCUT2D eigenvalue weighted by atomic mass is 10.0. The summed E-state index contributed by atoms with van der Waals surface area (Å²) in [6.07, 6.45) is 2.66. The first-order chi connectivity index (χ1) is 19.6. The lowest BCUT2D eigenvalue weighted by Gasteiger charge is -2.32. The Kier molecular flexibility index (Phi) is 11.8. The van der Waals surface area contributed by atoms with Gasteiger partial charge >= 0.3 is 0 Å². The Morgan fingerprint density at radius 3 is 2.32 bits per heavy atom. The van der Waals surface area contributed by atoms with E-state index in [9.17, 15) is 18.0 Å². The van der Waals surface area contributed by atoms with Gasteiger partial charge in [-0.2, -0.15) is 0 Å². The highest BCUT2D eigenvalue weighted by Crippen LogP contribution is 2.22. The molecule has 1 N–H and O–H groups in total. The molecule has 0 aliphatic rings. The molecular formula is C32H41N3O5S. The van der Waals surface area contributed by atoms with Gasteiger partial charge in [-0.05, 0) is 60.7 Å². The fraction of sp³-hybridized carbons (Fsp3) is 0.375. The number of sulfonamides is 1. The Morgan fingerprint density at radius 2 is 1.66 bits per heavy atom. The summed E-state index contributed by atoms with van der Waals surface area (Å²) < 4.78 is 32.0. The minimum atomic E-state index is -3.56. The van der Waals surface area contributed by atoms with Crippen molar-refractivity contribution in [3.63, 3.8) is 0 Å². The summed E-state index contributed by atoms with van der Waals surface area (Å²) in [6, 6.07) is 23.6. The van der Waals surface area contributed by atoms with E-state index in [0.29, 0.717) is 30.8 Å². The quantitative estimate of drug-likeness (QED) is 0.281. The van der Waals surface area contributed by atoms with E-state index >= 15 is 0 Å². The van der Waals surface area contributed by atoms with E-state index in [2.05, 4.69) is 5.32 Å². The Bertz CT molecular complexity index is 1400. The monoisotopic (exact) mass is 579 g/mol. The molecule has 0 bridgehead atoms. The van der Waals surface area contributed by atoms with Gasteiger partial charge in [-0.15, -0.1) is 0 Å². The molecule has 220 valence electrons. The molecule has 3 aromatic rings. The average molecular weight is 580 g/mol. The Labute approximate surface area is 244 Å². The zero-order valence-corrected chi connectivity index (χ0v) is 25.2. The second kappa shape index (κ2) is 15.2. The van der Waals surface area contributed by atoms with Crippen molar-refractivity contribution in [2.75, 3.05) is 30.8 Å². The fourth-order valence-corrected chi connectivity index (χ4v) is 5.63. The van der Waals surface area contributed by atoms with Gasteiger partial charge in [0.25, 0.3) is 0 Å². The summed E-state index contributed by atoms with van der Waals surface area (Å²) >= 11 is 0. The molecular weight excluding hydrogens is 538 g/mol. The van der Waals surface area contributed by atoms with Crippen LogP contribution in [0.1, 0.15) is 42.9 Å². The molecule has 0 unspecified atom stereocenters. The highest BCUT2D eigenvalue weighted by atomic mass is 32.2. The van der Waals surface area contributed by atoms with Crippen LogP contribution in [0, 0.1) is 6.92 Å². The fourth-order valence-electron chi connectivity index (χ4n) is 4.67. The topological polar surface area (TPSA) is 96.0 Å². The molecule has 0 fully saturated rings. The number of nitrogens with zero attached hydrogens (tertiary/aromatic N) is 2. The number of nitrogens with one attached hydrogen (secondary N) is 1. The SMILES string of the molecule is CCCNC(=O)[C@H](Cc1ccccc1)N(Cc1cccc(OC)c1)C(=O)CCCN(c1cccc(C)c1)S(C)(=O)=O. The van der Waals surface area contributed by atoms with Gasteiger partial charge in [0.05, 0.1) is 19.1 Å². The number of carbonyl (C=O) groups is 2. The number of methoxy groups -OCH3 is 1. The summed E-state index contributed by atoms with van der Waals surface area (Å²) in [5.41, 5.74) is 3.28. The predicted octanol–water partition coefficient (Wildman–Crippen LogP) is 4.72. The van der Waals surface area contributed by atoms with Crippen LogP contribution >= 0.6 is 0 Å². The van der Waals surface area contributed by atoms with Crippen LogP contribution < -0.4 is 14.4 Å². The van der Waals surface area contributed by atoms with Crippen molar-refractivity contribution in [2.45, 2.75) is 52.1 Å². The molecule has 41 heavy (non-hydrogen) atoms. The Hall–Kier alpha value is -3.85. The third-order valence-electron chi connectivity index (χ3n) is 6.75. The number of ether oxygens (including phenoxy) is 1. The molecule has 0 saturated carbocycles. The molecule has 8 nitrogen and oxygen atoms in total. The number of hydrogen-bond donors (Lipinski definition) is 1. The number of anilines is 1. The Balaban J connectivity index is 1.89. The van der Waals surface area contributed by atoms with E-state index in [4.69, 9.17) is 4.74 Å². The zero-order chi connectivity index (χ0) is 29.8. The molecule has 9 heteroatoms. The van der Waals surface area contributed by atoms with Crippen molar-refractivity contribution in [3.8, 4) is 5.75 Å². The van der Waals surface area contributed by atoms with E-state index < -0.39 is 16.1 Å². The first kappa shape index (κ1) is 31.7. The van der Waals surface area contributed by atoms with Crippen molar-refractivity contribution in [1.29, 1.82) is 0 Å². The molecule has 0 heterocycles. The van der Waals surface area contributed by atoms with Crippen LogP contribution in [0.5, 0.6) is 5.75 Å². The van der Waals surface area contributed by atoms with Gasteiger partial charge in [0, 0.05) is 32.5 Å². The molecule has 2 amide bonds. The van der Waals surface area contributed by atoms with E-state index in [1.165, 1.54) is 10.6 Å². The van der Waals surface area contributed by atoms with Crippen molar-refractivity contribution < 1.29 is 22.7 Å². The summed E-state index contributed by atoms with van der Waals surface area (Å²) in [6.45, 7) is 4.74. The van der Waals surface area contributed by atoms with Crippen LogP contribution in [0.25, 0.3) is 0 Å². The predicted molar refractivity (Wildman–Crippen MR) is 163 cm³/mol. The number of carbonyl (C=O) groups excluding carboxylic acids is 2. The van der Waals surface area contributed by atoms with Crippen LogP contribution in [-0.2, 0) is 32.6 Å². The smallest absolute Gasteiger partial charge is 0.243 e. The third kappa shape index (κ3) is 9.63. The normalized spacial score (nSPS) is 11.9. The highest BCUT2D eigenvalue weighted by molar-refractivity contribution is 7.92. The second-order valence-corrected chi connectivity index (χ2v) is 12.1. The average Bonchev–Trinajstić information content (AvgIpc) is 2.95. The van der Waals surface area contributed by atoms with E-state index in [-0.39, 0.29) is 31.3 Å². The van der Waals surface area contributed by atoms with Gasteiger partial charge in [0.1, 0.15) is 11.8 Å². The van der Waals surface area contributed by atoms with Crippen LogP contribution in [-0.4, -0.2) is 57.6 Å². The highest BCUT2D eigenvalue weighted by Gasteiger charge is 2.30. The largest absolute Gasteiger partial charge is 0.497 e. The first-order valence-corrected chi connectivity index (χ1v) is 15.8. The number of aryl methyl sites for hydroxylation is 1. The van der Waals surface area contributed by atoms with Crippen LogP contribution in [0.15, 0.2) is 78.9 Å². The lowest BCUT2D eigenvalue weighted by Crippen LogP contribution is -2.50. The van der Waals surface area contributed by atoms with E-state index in [1.54, 1.807) is 18.1 Å². The molecule has 0 aliphatic carbocycles. The van der Waals surface area contributed by atoms with E-state index in [1.807, 2.05) is 86.6 Å². The van der Waals surface area contributed by atoms with Crippen molar-refractivity contribution in [3.05, 3.63) is 95.6 Å². The minimum absolute atomic E-state index is 0.0775. The molecule has 0 spiro atoms. The van der Waals surface area contributed by atoms with Crippen molar-refractivity contribution >= 4 is 27.5 Å². The van der Waals surface area contributed by atoms with Crippen LogP contribution in [0.2, 0.25) is 0 Å². The lowest BCUT2D eigenvalue weighted by molar-refractivity contribution is -0.141. The van der Waals surface area contributed by atoms with Crippen LogP contribution in [0.4, 0.5) is 5.69 Å². The molecule has 0 saturated heterocycles. The molecule has 1 atom stereocenters. The number of benzene rings is 3.